The highest BCUT2D eigenvalue weighted by Crippen LogP contribution is 2.15. The lowest BCUT2D eigenvalue weighted by atomic mass is 10.2. The van der Waals surface area contributed by atoms with Crippen molar-refractivity contribution in [3.05, 3.63) is 24.3 Å². The van der Waals surface area contributed by atoms with Crippen molar-refractivity contribution in [3.8, 4) is 0 Å². The molecule has 10 heteroatoms. The van der Waals surface area contributed by atoms with Crippen LogP contribution in [0.2, 0.25) is 0 Å². The number of thiocarbonyl (C=S) groups is 2. The van der Waals surface area contributed by atoms with Crippen LogP contribution in [0.15, 0.2) is 24.3 Å². The predicted octanol–water partition coefficient (Wildman–Crippen LogP) is 0.883. The zero-order valence-corrected chi connectivity index (χ0v) is 16.9. The number of carbonyl (C=O) groups excluding carboxylic acids is 2. The van der Waals surface area contributed by atoms with Crippen LogP contribution in [-0.4, -0.2) is 84.2 Å². The highest BCUT2D eigenvalue weighted by atomic mass is 32.1. The number of morpholine rings is 2. The van der Waals surface area contributed by atoms with Crippen LogP contribution in [0.5, 0.6) is 0 Å². The molecule has 150 valence electrons. The number of nitrogens with one attached hydrogen (secondary N) is 2. The molecule has 2 saturated heterocycles. The largest absolute Gasteiger partial charge is 0.378 e. The van der Waals surface area contributed by atoms with Crippen LogP contribution in [-0.2, 0) is 19.1 Å². The lowest BCUT2D eigenvalue weighted by Crippen LogP contribution is -2.45. The summed E-state index contributed by atoms with van der Waals surface area (Å²) in [5, 5.41) is 5.54. The fourth-order valence-corrected chi connectivity index (χ4v) is 3.29. The summed E-state index contributed by atoms with van der Waals surface area (Å²) in [6.45, 7) is 4.70. The van der Waals surface area contributed by atoms with E-state index >= 15 is 0 Å². The van der Waals surface area contributed by atoms with Gasteiger partial charge in [-0.15, -0.1) is 0 Å². The summed E-state index contributed by atoms with van der Waals surface area (Å²) in [4.78, 5) is 28.8. The molecule has 2 aliphatic heterocycles. The minimum atomic E-state index is -0.331. The molecule has 28 heavy (non-hydrogen) atoms. The molecule has 0 unspecified atom stereocenters. The summed E-state index contributed by atoms with van der Waals surface area (Å²) in [6.07, 6.45) is 0. The van der Waals surface area contributed by atoms with Gasteiger partial charge in [0.05, 0.1) is 26.4 Å². The lowest BCUT2D eigenvalue weighted by Gasteiger charge is -2.28. The molecule has 2 N–H and O–H groups in total. The van der Waals surface area contributed by atoms with E-state index in [2.05, 4.69) is 10.6 Å². The van der Waals surface area contributed by atoms with Crippen LogP contribution in [0, 0.1) is 0 Å². The average molecular weight is 423 g/mol. The Morgan fingerprint density at radius 1 is 0.714 bits per heavy atom. The van der Waals surface area contributed by atoms with Gasteiger partial charge in [-0.05, 0) is 24.3 Å². The Balaban J connectivity index is 1.51. The molecule has 2 fully saturated rings. The number of benzene rings is 1. The number of carbonyl (C=O) groups is 2. The summed E-state index contributed by atoms with van der Waals surface area (Å²) in [5.74, 6) is -0.663. The van der Waals surface area contributed by atoms with Crippen molar-refractivity contribution in [2.75, 3.05) is 63.2 Å². The zero-order chi connectivity index (χ0) is 19.9. The van der Waals surface area contributed by atoms with Gasteiger partial charge >= 0.3 is 0 Å². The summed E-state index contributed by atoms with van der Waals surface area (Å²) in [7, 11) is 0. The summed E-state index contributed by atoms with van der Waals surface area (Å²) < 4.78 is 10.5. The highest BCUT2D eigenvalue weighted by Gasteiger charge is 2.21. The Labute approximate surface area is 174 Å². The Morgan fingerprint density at radius 2 is 1.04 bits per heavy atom. The minimum Gasteiger partial charge on any atom is -0.378 e. The van der Waals surface area contributed by atoms with Gasteiger partial charge in [0.1, 0.15) is 0 Å². The van der Waals surface area contributed by atoms with Gasteiger partial charge in [0.25, 0.3) is 11.8 Å². The van der Waals surface area contributed by atoms with Crippen molar-refractivity contribution in [1.29, 1.82) is 0 Å². The maximum Gasteiger partial charge on any atom is 0.283 e. The molecule has 0 saturated carbocycles. The third-order valence-electron chi connectivity index (χ3n) is 4.39. The third-order valence-corrected chi connectivity index (χ3v) is 5.27. The van der Waals surface area contributed by atoms with Gasteiger partial charge in [0.15, 0.2) is 9.98 Å². The van der Waals surface area contributed by atoms with Crippen molar-refractivity contribution < 1.29 is 19.1 Å². The molecule has 0 aromatic heterocycles. The van der Waals surface area contributed by atoms with E-state index in [-0.39, 0.29) is 21.8 Å². The van der Waals surface area contributed by atoms with E-state index in [4.69, 9.17) is 33.9 Å². The molecule has 0 spiro atoms. The molecule has 0 atom stereocenters. The highest BCUT2D eigenvalue weighted by molar-refractivity contribution is 7.82. The van der Waals surface area contributed by atoms with Gasteiger partial charge < -0.3 is 29.9 Å². The molecular formula is C18H22N4O4S2. The Morgan fingerprint density at radius 3 is 1.36 bits per heavy atom. The number of rotatable bonds is 2. The van der Waals surface area contributed by atoms with Crippen LogP contribution in [0.4, 0.5) is 11.4 Å². The molecule has 1 aromatic carbocycles. The maximum absolute atomic E-state index is 12.3. The molecule has 0 bridgehead atoms. The smallest absolute Gasteiger partial charge is 0.283 e. The molecule has 1 aromatic rings. The van der Waals surface area contributed by atoms with Gasteiger partial charge in [0, 0.05) is 37.6 Å². The van der Waals surface area contributed by atoms with Crippen LogP contribution in [0.25, 0.3) is 0 Å². The Bertz CT molecular complexity index is 681. The number of anilines is 2. The van der Waals surface area contributed by atoms with Crippen molar-refractivity contribution >= 4 is 57.6 Å². The normalized spacial score (nSPS) is 17.0. The van der Waals surface area contributed by atoms with Crippen LogP contribution in [0.3, 0.4) is 0 Å². The topological polar surface area (TPSA) is 83.1 Å². The molecule has 0 aliphatic carbocycles. The number of amides is 2. The first-order chi connectivity index (χ1) is 13.5. The van der Waals surface area contributed by atoms with E-state index < -0.39 is 0 Å². The summed E-state index contributed by atoms with van der Waals surface area (Å²) >= 11 is 10.5. The van der Waals surface area contributed by atoms with E-state index in [1.807, 2.05) is 9.80 Å². The first-order valence-electron chi connectivity index (χ1n) is 9.00. The van der Waals surface area contributed by atoms with Gasteiger partial charge in [-0.3, -0.25) is 9.59 Å². The number of hydrogen-bond acceptors (Lipinski definition) is 6. The van der Waals surface area contributed by atoms with Crippen molar-refractivity contribution in [2.45, 2.75) is 0 Å². The van der Waals surface area contributed by atoms with Gasteiger partial charge in [-0.2, -0.15) is 0 Å². The van der Waals surface area contributed by atoms with Gasteiger partial charge in [-0.25, -0.2) is 0 Å². The molecular weight excluding hydrogens is 400 g/mol. The fourth-order valence-electron chi connectivity index (χ4n) is 2.83. The first-order valence-corrected chi connectivity index (χ1v) is 9.82. The fraction of sp³-hybridized carbons (Fsp3) is 0.444. The number of nitrogens with zero attached hydrogens (tertiary/aromatic N) is 2. The second kappa shape index (κ2) is 9.87. The maximum atomic E-state index is 12.3. The summed E-state index contributed by atoms with van der Waals surface area (Å²) in [5.41, 5.74) is 1.18. The molecule has 2 amide bonds. The zero-order valence-electron chi connectivity index (χ0n) is 15.3. The Hall–Kier alpha value is -2.14. The van der Waals surface area contributed by atoms with Crippen LogP contribution < -0.4 is 10.6 Å². The number of ether oxygens (including phenoxy) is 2. The molecule has 3 rings (SSSR count). The second-order valence-corrected chi connectivity index (χ2v) is 7.07. The predicted molar refractivity (Wildman–Crippen MR) is 114 cm³/mol. The van der Waals surface area contributed by atoms with E-state index in [1.165, 1.54) is 0 Å². The quantitative estimate of drug-likeness (QED) is 0.680. The first kappa shape index (κ1) is 20.6. The third kappa shape index (κ3) is 5.44. The van der Waals surface area contributed by atoms with Crippen molar-refractivity contribution in [2.24, 2.45) is 0 Å². The van der Waals surface area contributed by atoms with Gasteiger partial charge in [0.2, 0.25) is 0 Å². The van der Waals surface area contributed by atoms with E-state index in [1.54, 1.807) is 24.3 Å². The van der Waals surface area contributed by atoms with Crippen LogP contribution in [0.1, 0.15) is 0 Å². The molecule has 2 aliphatic rings. The van der Waals surface area contributed by atoms with Crippen LogP contribution >= 0.6 is 24.4 Å². The minimum absolute atomic E-state index is 0.247. The standard InChI is InChI=1S/C18H22N4O4S2/c23-15(17(27)21-5-9-25-10-6-21)19-13-1-2-14(4-3-13)20-16(24)18(28)22-7-11-26-12-8-22/h1-4H,5-12H2,(H,19,23)(H,20,24). The van der Waals surface area contributed by atoms with Crippen molar-refractivity contribution in [1.82, 2.24) is 9.80 Å². The van der Waals surface area contributed by atoms with E-state index in [0.29, 0.717) is 64.0 Å². The second-order valence-electron chi connectivity index (χ2n) is 6.29. The van der Waals surface area contributed by atoms with Gasteiger partial charge in [-0.1, -0.05) is 24.4 Å². The van der Waals surface area contributed by atoms with E-state index in [9.17, 15) is 9.59 Å². The summed E-state index contributed by atoms with van der Waals surface area (Å²) in [6, 6.07) is 6.81. The monoisotopic (exact) mass is 422 g/mol. The molecule has 8 nitrogen and oxygen atoms in total. The Kier molecular flexibility index (Phi) is 7.26. The molecule has 0 radical (unpaired) electrons. The van der Waals surface area contributed by atoms with Crippen molar-refractivity contribution in [3.63, 3.8) is 0 Å². The average Bonchev–Trinajstić information content (AvgIpc) is 2.75. The molecule has 2 heterocycles. The SMILES string of the molecule is O=C(Nc1ccc(NC(=O)C(=S)N2CCOCC2)cc1)C(=S)N1CCOCC1. The van der Waals surface area contributed by atoms with E-state index in [0.717, 1.165) is 0 Å². The number of hydrogen-bond donors (Lipinski definition) is 2. The lowest BCUT2D eigenvalue weighted by molar-refractivity contribution is -0.111.